The molecule has 6 nitrogen and oxygen atoms in total. The van der Waals surface area contributed by atoms with E-state index in [-0.39, 0.29) is 25.5 Å². The van der Waals surface area contributed by atoms with Crippen LogP contribution in [0, 0.1) is 4.91 Å². The fourth-order valence-corrected chi connectivity index (χ4v) is 2.46. The fourth-order valence-electron chi connectivity index (χ4n) is 2.11. The van der Waals surface area contributed by atoms with Crippen LogP contribution in [-0.2, 0) is 16.0 Å². The first-order valence-corrected chi connectivity index (χ1v) is 9.12. The molecule has 1 amide bonds. The fraction of sp³-hybridized carbons (Fsp3) is 0.316. The van der Waals surface area contributed by atoms with Gasteiger partial charge in [0.2, 0.25) is 5.91 Å². The van der Waals surface area contributed by atoms with Gasteiger partial charge in [-0.2, -0.15) is 4.91 Å². The molecule has 8 heteroatoms. The number of rotatable bonds is 12. The molecule has 0 heterocycles. The third-order valence-corrected chi connectivity index (χ3v) is 4.18. The molecule has 1 aromatic carbocycles. The van der Waals surface area contributed by atoms with Crippen LogP contribution in [-0.4, -0.2) is 32.2 Å². The Morgan fingerprint density at radius 1 is 1.30 bits per heavy atom. The smallest absolute Gasteiger partial charge is 0.224 e. The number of amides is 1. The topological polar surface area (TPSA) is 79.8 Å². The first kappa shape index (κ1) is 22.9. The summed E-state index contributed by atoms with van der Waals surface area (Å²) >= 11 is 12.4. The molecule has 0 atom stereocenters. The number of anilines is 1. The maximum absolute atomic E-state index is 12.2. The standard InChI is InChI=1S/C19H23Cl2N3O3/c1-3-15(20)19(16(21)4-2)24-17-8-6-5-7-14(17)13-18(25)22-9-11-27-12-10-23-26/h3-8,24H,1,9-13H2,2H3,(H,22,25)/b16-4+,19-15-. The molecular weight excluding hydrogens is 389 g/mol. The third kappa shape index (κ3) is 8.39. The number of carbonyl (C=O) groups excluding carboxylic acids is 1. The summed E-state index contributed by atoms with van der Waals surface area (Å²) in [6.45, 7) is 6.47. The summed E-state index contributed by atoms with van der Waals surface area (Å²) in [4.78, 5) is 22.1. The number of benzene rings is 1. The molecule has 0 aliphatic rings. The van der Waals surface area contributed by atoms with Gasteiger partial charge in [0.05, 0.1) is 35.4 Å². The zero-order chi connectivity index (χ0) is 20.1. The quantitative estimate of drug-likeness (QED) is 0.305. The molecule has 0 saturated heterocycles. The van der Waals surface area contributed by atoms with E-state index in [4.69, 9.17) is 27.9 Å². The molecule has 0 bridgehead atoms. The second-order valence-electron chi connectivity index (χ2n) is 5.34. The van der Waals surface area contributed by atoms with E-state index in [0.717, 1.165) is 11.3 Å². The molecule has 0 aliphatic carbocycles. The molecule has 0 saturated carbocycles. The predicted octanol–water partition coefficient (Wildman–Crippen LogP) is 4.32. The van der Waals surface area contributed by atoms with Crippen LogP contribution in [0.1, 0.15) is 12.5 Å². The summed E-state index contributed by atoms with van der Waals surface area (Å²) in [6.07, 6.45) is 3.38. The Labute approximate surface area is 169 Å². The average molecular weight is 412 g/mol. The second kappa shape index (κ2) is 13.1. The number of para-hydroxylation sites is 1. The van der Waals surface area contributed by atoms with Gasteiger partial charge in [0.15, 0.2) is 0 Å². The highest BCUT2D eigenvalue weighted by atomic mass is 35.5. The van der Waals surface area contributed by atoms with E-state index in [0.29, 0.717) is 28.9 Å². The van der Waals surface area contributed by atoms with Crippen molar-refractivity contribution in [1.29, 1.82) is 0 Å². The third-order valence-electron chi connectivity index (χ3n) is 3.43. The van der Waals surface area contributed by atoms with E-state index in [1.807, 2.05) is 24.3 Å². The summed E-state index contributed by atoms with van der Waals surface area (Å²) in [5.41, 5.74) is 2.02. The number of halogens is 2. The lowest BCUT2D eigenvalue weighted by Crippen LogP contribution is -2.29. The van der Waals surface area contributed by atoms with Crippen LogP contribution in [0.4, 0.5) is 5.69 Å². The number of carbonyl (C=O) groups is 1. The van der Waals surface area contributed by atoms with E-state index in [1.165, 1.54) is 6.08 Å². The molecule has 0 spiro atoms. The lowest BCUT2D eigenvalue weighted by atomic mass is 10.1. The number of nitrogens with one attached hydrogen (secondary N) is 2. The van der Waals surface area contributed by atoms with E-state index in [2.05, 4.69) is 22.4 Å². The van der Waals surface area contributed by atoms with Crippen LogP contribution >= 0.6 is 23.2 Å². The van der Waals surface area contributed by atoms with Gasteiger partial charge in [-0.3, -0.25) is 4.79 Å². The number of hydrogen-bond acceptors (Lipinski definition) is 5. The molecular formula is C19H23Cl2N3O3. The lowest BCUT2D eigenvalue weighted by molar-refractivity contribution is -0.120. The molecule has 146 valence electrons. The van der Waals surface area contributed by atoms with E-state index in [1.54, 1.807) is 13.0 Å². The lowest BCUT2D eigenvalue weighted by Gasteiger charge is -2.15. The highest BCUT2D eigenvalue weighted by Gasteiger charge is 2.12. The summed E-state index contributed by atoms with van der Waals surface area (Å²) in [6, 6.07) is 7.38. The normalized spacial score (nSPS) is 12.2. The molecule has 27 heavy (non-hydrogen) atoms. The van der Waals surface area contributed by atoms with Crippen LogP contribution < -0.4 is 10.6 Å². The van der Waals surface area contributed by atoms with Gasteiger partial charge in [0, 0.05) is 12.2 Å². The number of nitroso groups, excluding NO2 is 1. The van der Waals surface area contributed by atoms with Crippen LogP contribution in [0.25, 0.3) is 0 Å². The number of ether oxygens (including phenoxy) is 1. The maximum atomic E-state index is 12.2. The monoisotopic (exact) mass is 411 g/mol. The molecule has 2 N–H and O–H groups in total. The van der Waals surface area contributed by atoms with E-state index >= 15 is 0 Å². The van der Waals surface area contributed by atoms with E-state index in [9.17, 15) is 9.70 Å². The van der Waals surface area contributed by atoms with Gasteiger partial charge < -0.3 is 15.4 Å². The Balaban J connectivity index is 2.74. The molecule has 1 aromatic rings. The predicted molar refractivity (Wildman–Crippen MR) is 111 cm³/mol. The minimum absolute atomic E-state index is 0.102. The van der Waals surface area contributed by atoms with Crippen LogP contribution in [0.2, 0.25) is 0 Å². The Morgan fingerprint density at radius 2 is 2.04 bits per heavy atom. The zero-order valence-electron chi connectivity index (χ0n) is 15.1. The Morgan fingerprint density at radius 3 is 2.70 bits per heavy atom. The summed E-state index contributed by atoms with van der Waals surface area (Å²) in [7, 11) is 0. The Bertz CT molecular complexity index is 718. The van der Waals surface area contributed by atoms with Crippen molar-refractivity contribution in [3.8, 4) is 0 Å². The molecule has 0 fully saturated rings. The van der Waals surface area contributed by atoms with Crippen molar-refractivity contribution < 1.29 is 9.53 Å². The molecule has 0 aliphatic heterocycles. The van der Waals surface area contributed by atoms with Crippen LogP contribution in [0.3, 0.4) is 0 Å². The summed E-state index contributed by atoms with van der Waals surface area (Å²) < 4.78 is 5.16. The SMILES string of the molecule is C=C/C(Cl)=C(Nc1ccccc1CC(=O)NCCOCCN=O)\C(Cl)=C/C. The zero-order valence-corrected chi connectivity index (χ0v) is 16.6. The summed E-state index contributed by atoms with van der Waals surface area (Å²) in [5.74, 6) is -0.154. The van der Waals surface area contributed by atoms with Crippen LogP contribution in [0.15, 0.2) is 63.9 Å². The number of allylic oxidation sites excluding steroid dienone is 4. The summed E-state index contributed by atoms with van der Waals surface area (Å²) in [5, 5.41) is 9.45. The molecule has 1 rings (SSSR count). The van der Waals surface area contributed by atoms with Crippen molar-refractivity contribution in [2.45, 2.75) is 13.3 Å². The van der Waals surface area contributed by atoms with Crippen molar-refractivity contribution in [2.75, 3.05) is 31.6 Å². The van der Waals surface area contributed by atoms with Crippen molar-refractivity contribution in [3.05, 3.63) is 69.2 Å². The Kier molecular flexibility index (Phi) is 11.1. The van der Waals surface area contributed by atoms with Crippen LogP contribution in [0.5, 0.6) is 0 Å². The van der Waals surface area contributed by atoms with Gasteiger partial charge in [0.1, 0.15) is 6.54 Å². The van der Waals surface area contributed by atoms with Gasteiger partial charge in [-0.25, -0.2) is 0 Å². The maximum Gasteiger partial charge on any atom is 0.224 e. The number of nitrogens with zero attached hydrogens (tertiary/aromatic N) is 1. The molecule has 0 unspecified atom stereocenters. The van der Waals surface area contributed by atoms with E-state index < -0.39 is 0 Å². The van der Waals surface area contributed by atoms with Gasteiger partial charge >= 0.3 is 0 Å². The molecule has 0 aromatic heterocycles. The second-order valence-corrected chi connectivity index (χ2v) is 6.15. The van der Waals surface area contributed by atoms with Crippen molar-refractivity contribution in [2.24, 2.45) is 5.18 Å². The van der Waals surface area contributed by atoms with Gasteiger partial charge in [-0.15, -0.1) is 0 Å². The first-order chi connectivity index (χ1) is 13.0. The van der Waals surface area contributed by atoms with Gasteiger partial charge in [-0.05, 0) is 24.6 Å². The number of hydrogen-bond donors (Lipinski definition) is 2. The first-order valence-electron chi connectivity index (χ1n) is 8.36. The van der Waals surface area contributed by atoms with Crippen molar-refractivity contribution in [3.63, 3.8) is 0 Å². The highest BCUT2D eigenvalue weighted by molar-refractivity contribution is 6.36. The Hall–Kier alpha value is -2.15. The largest absolute Gasteiger partial charge is 0.378 e. The van der Waals surface area contributed by atoms with Crippen molar-refractivity contribution in [1.82, 2.24) is 5.32 Å². The highest BCUT2D eigenvalue weighted by Crippen LogP contribution is 2.26. The minimum atomic E-state index is -0.154. The van der Waals surface area contributed by atoms with Gasteiger partial charge in [-0.1, -0.05) is 59.2 Å². The van der Waals surface area contributed by atoms with Crippen molar-refractivity contribution >= 4 is 34.8 Å². The minimum Gasteiger partial charge on any atom is -0.378 e. The van der Waals surface area contributed by atoms with Gasteiger partial charge in [0.25, 0.3) is 0 Å². The average Bonchev–Trinajstić information content (AvgIpc) is 2.68. The molecule has 0 radical (unpaired) electrons.